The van der Waals surface area contributed by atoms with Gasteiger partial charge in [-0.05, 0) is 31.5 Å². The molecule has 0 amide bonds. The van der Waals surface area contributed by atoms with Crippen molar-refractivity contribution in [3.05, 3.63) is 47.1 Å². The van der Waals surface area contributed by atoms with E-state index in [1.54, 1.807) is 6.20 Å². The Morgan fingerprint density at radius 3 is 2.78 bits per heavy atom. The zero-order valence-corrected chi connectivity index (χ0v) is 10.8. The molecule has 0 saturated heterocycles. The quantitative estimate of drug-likeness (QED) is 0.674. The summed E-state index contributed by atoms with van der Waals surface area (Å²) in [5.74, 6) is 0. The predicted octanol–water partition coefficient (Wildman–Crippen LogP) is 3.06. The first-order valence-corrected chi connectivity index (χ1v) is 5.96. The van der Waals surface area contributed by atoms with Crippen LogP contribution in [0.25, 0.3) is 17.0 Å². The van der Waals surface area contributed by atoms with Crippen molar-refractivity contribution < 1.29 is 0 Å². The van der Waals surface area contributed by atoms with Crippen LogP contribution in [0.5, 0.6) is 0 Å². The molecule has 0 atom stereocenters. The first-order chi connectivity index (χ1) is 8.65. The summed E-state index contributed by atoms with van der Waals surface area (Å²) in [5, 5.41) is 0.383. The van der Waals surface area contributed by atoms with Crippen LogP contribution in [0.4, 0.5) is 0 Å². The molecule has 0 aliphatic carbocycles. The zero-order valence-electron chi connectivity index (χ0n) is 10.1. The summed E-state index contributed by atoms with van der Waals surface area (Å²) in [6.45, 7) is 4.00. The topological polar surface area (TPSA) is 43.1 Å². The van der Waals surface area contributed by atoms with E-state index >= 15 is 0 Å². The number of imidazole rings is 1. The van der Waals surface area contributed by atoms with E-state index in [1.807, 2.05) is 36.6 Å². The Labute approximate surface area is 109 Å². The largest absolute Gasteiger partial charge is 0.298 e. The maximum absolute atomic E-state index is 5.89. The molecule has 3 aromatic rings. The van der Waals surface area contributed by atoms with Gasteiger partial charge < -0.3 is 0 Å². The molecule has 4 nitrogen and oxygen atoms in total. The molecule has 5 heteroatoms. The van der Waals surface area contributed by atoms with Crippen molar-refractivity contribution in [1.82, 2.24) is 19.4 Å². The van der Waals surface area contributed by atoms with E-state index in [2.05, 4.69) is 15.0 Å². The fraction of sp³-hybridized carbons (Fsp3) is 0.154. The fourth-order valence-corrected chi connectivity index (χ4v) is 2.18. The lowest BCUT2D eigenvalue weighted by Gasteiger charge is -2.02. The van der Waals surface area contributed by atoms with Gasteiger partial charge in [0.05, 0.1) is 23.8 Å². The highest BCUT2D eigenvalue weighted by Gasteiger charge is 2.12. The number of hydrogen-bond donors (Lipinski definition) is 0. The van der Waals surface area contributed by atoms with Crippen LogP contribution >= 0.6 is 11.6 Å². The maximum Gasteiger partial charge on any atom is 0.148 e. The average Bonchev–Trinajstić information content (AvgIpc) is 2.64. The molecular formula is C13H11ClN4. The van der Waals surface area contributed by atoms with Crippen molar-refractivity contribution in [1.29, 1.82) is 0 Å². The Bertz CT molecular complexity index is 733. The van der Waals surface area contributed by atoms with Gasteiger partial charge >= 0.3 is 0 Å². The lowest BCUT2D eigenvalue weighted by atomic mass is 10.2. The van der Waals surface area contributed by atoms with Crippen LogP contribution < -0.4 is 0 Å². The van der Waals surface area contributed by atoms with Gasteiger partial charge in [-0.25, -0.2) is 9.97 Å². The van der Waals surface area contributed by atoms with Gasteiger partial charge in [-0.2, -0.15) is 0 Å². The third-order valence-electron chi connectivity index (χ3n) is 2.80. The molecule has 0 aromatic carbocycles. The minimum absolute atomic E-state index is 0.383. The van der Waals surface area contributed by atoms with Gasteiger partial charge in [0, 0.05) is 6.20 Å². The molecule has 3 rings (SSSR count). The minimum Gasteiger partial charge on any atom is -0.298 e. The molecule has 0 saturated carbocycles. The maximum atomic E-state index is 5.89. The summed E-state index contributed by atoms with van der Waals surface area (Å²) in [6, 6.07) is 4.07. The lowest BCUT2D eigenvalue weighted by Crippen LogP contribution is -1.93. The molecule has 0 bridgehead atoms. The van der Waals surface area contributed by atoms with Crippen molar-refractivity contribution in [3.63, 3.8) is 0 Å². The summed E-state index contributed by atoms with van der Waals surface area (Å²) in [4.78, 5) is 12.9. The Balaban J connectivity index is 2.32. The van der Waals surface area contributed by atoms with Crippen LogP contribution in [0, 0.1) is 13.8 Å². The second-order valence-corrected chi connectivity index (χ2v) is 4.59. The van der Waals surface area contributed by atoms with Crippen molar-refractivity contribution in [2.24, 2.45) is 0 Å². The average molecular weight is 259 g/mol. The van der Waals surface area contributed by atoms with Crippen LogP contribution in [0.2, 0.25) is 5.15 Å². The van der Waals surface area contributed by atoms with Crippen LogP contribution in [0.3, 0.4) is 0 Å². The van der Waals surface area contributed by atoms with Crippen molar-refractivity contribution in [2.45, 2.75) is 13.8 Å². The monoisotopic (exact) mass is 258 g/mol. The molecule has 0 N–H and O–H groups in total. The van der Waals surface area contributed by atoms with Crippen LogP contribution in [-0.2, 0) is 0 Å². The second-order valence-electron chi connectivity index (χ2n) is 4.21. The van der Waals surface area contributed by atoms with Gasteiger partial charge in [0.25, 0.3) is 0 Å². The molecule has 0 aliphatic rings. The van der Waals surface area contributed by atoms with E-state index in [0.717, 1.165) is 22.7 Å². The molecule has 3 aromatic heterocycles. The molecular weight excluding hydrogens is 248 g/mol. The normalized spacial score (nSPS) is 11.1. The first kappa shape index (κ1) is 11.2. The van der Waals surface area contributed by atoms with Crippen LogP contribution in [0.15, 0.2) is 30.7 Å². The molecule has 0 aliphatic heterocycles. The molecule has 0 unspecified atom stereocenters. The number of halogens is 1. The number of nitrogens with zero attached hydrogens (tertiary/aromatic N) is 4. The number of hydrogen-bond acceptors (Lipinski definition) is 3. The Morgan fingerprint density at radius 2 is 2.00 bits per heavy atom. The Morgan fingerprint density at radius 1 is 1.17 bits per heavy atom. The molecule has 0 fully saturated rings. The van der Waals surface area contributed by atoms with Crippen LogP contribution in [-0.4, -0.2) is 19.4 Å². The lowest BCUT2D eigenvalue weighted by molar-refractivity contribution is 1.13. The van der Waals surface area contributed by atoms with Gasteiger partial charge in [-0.15, -0.1) is 0 Å². The van der Waals surface area contributed by atoms with Crippen molar-refractivity contribution in [3.8, 4) is 11.4 Å². The summed E-state index contributed by atoms with van der Waals surface area (Å²) in [7, 11) is 0. The minimum atomic E-state index is 0.383. The predicted molar refractivity (Wildman–Crippen MR) is 70.7 cm³/mol. The Kier molecular flexibility index (Phi) is 2.52. The third-order valence-corrected chi connectivity index (χ3v) is 2.99. The molecule has 3 heterocycles. The smallest absolute Gasteiger partial charge is 0.148 e. The zero-order chi connectivity index (χ0) is 12.7. The van der Waals surface area contributed by atoms with E-state index in [-0.39, 0.29) is 0 Å². The highest BCUT2D eigenvalue weighted by atomic mass is 35.5. The number of aromatic nitrogens is 4. The van der Waals surface area contributed by atoms with E-state index in [1.165, 1.54) is 11.8 Å². The highest BCUT2D eigenvalue weighted by molar-refractivity contribution is 6.29. The van der Waals surface area contributed by atoms with Gasteiger partial charge in [0.2, 0.25) is 0 Å². The van der Waals surface area contributed by atoms with Gasteiger partial charge in [0.15, 0.2) is 0 Å². The summed E-state index contributed by atoms with van der Waals surface area (Å²) >= 11 is 5.89. The van der Waals surface area contributed by atoms with Crippen LogP contribution in [0.1, 0.15) is 11.3 Å². The summed E-state index contributed by atoms with van der Waals surface area (Å²) in [6.07, 6.45) is 5.21. The van der Waals surface area contributed by atoms with Crippen molar-refractivity contribution in [2.75, 3.05) is 0 Å². The fourth-order valence-electron chi connectivity index (χ4n) is 2.03. The molecule has 18 heavy (non-hydrogen) atoms. The second kappa shape index (κ2) is 4.07. The Hall–Kier alpha value is -1.94. The highest BCUT2D eigenvalue weighted by Crippen LogP contribution is 2.23. The van der Waals surface area contributed by atoms with E-state index in [0.29, 0.717) is 5.15 Å². The van der Waals surface area contributed by atoms with Gasteiger partial charge in [-0.1, -0.05) is 11.6 Å². The van der Waals surface area contributed by atoms with Gasteiger partial charge in [0.1, 0.15) is 16.5 Å². The van der Waals surface area contributed by atoms with E-state index < -0.39 is 0 Å². The number of aryl methyl sites for hydroxylation is 2. The SMILES string of the molecule is Cc1ccn2c(-c3cncc(Cl)n3)c(C)nc2c1. The summed E-state index contributed by atoms with van der Waals surface area (Å²) < 4.78 is 2.00. The molecule has 0 radical (unpaired) electrons. The van der Waals surface area contributed by atoms with Crippen molar-refractivity contribution >= 4 is 17.2 Å². The molecule has 0 spiro atoms. The number of pyridine rings is 1. The number of fused-ring (bicyclic) bond motifs is 1. The van der Waals surface area contributed by atoms with E-state index in [4.69, 9.17) is 11.6 Å². The third kappa shape index (κ3) is 1.75. The summed E-state index contributed by atoms with van der Waals surface area (Å²) in [5.41, 5.74) is 4.66. The molecule has 90 valence electrons. The van der Waals surface area contributed by atoms with Gasteiger partial charge in [-0.3, -0.25) is 9.38 Å². The standard InChI is InChI=1S/C13H11ClN4/c1-8-3-4-18-12(5-8)16-9(2)13(18)10-6-15-7-11(14)17-10/h3-7H,1-2H3. The number of rotatable bonds is 1. The first-order valence-electron chi connectivity index (χ1n) is 5.58. The van der Waals surface area contributed by atoms with E-state index in [9.17, 15) is 0 Å².